The predicted molar refractivity (Wildman–Crippen MR) is 110 cm³/mol. The molecule has 0 radical (unpaired) electrons. The number of benzene rings is 2. The first-order valence-corrected chi connectivity index (χ1v) is 8.99. The van der Waals surface area contributed by atoms with Gasteiger partial charge in [-0.2, -0.15) is 0 Å². The first-order chi connectivity index (χ1) is 13.6. The zero-order chi connectivity index (χ0) is 19.8. The number of carbonyl (C=O) groups is 1. The predicted octanol–water partition coefficient (Wildman–Crippen LogP) is 3.95. The molecule has 3 aromatic rings. The number of nitrogens with zero attached hydrogens (tertiary/aromatic N) is 1. The van der Waals surface area contributed by atoms with Crippen molar-refractivity contribution in [1.82, 2.24) is 10.3 Å². The van der Waals surface area contributed by atoms with Crippen molar-refractivity contribution in [1.29, 1.82) is 0 Å². The van der Waals surface area contributed by atoms with E-state index in [1.165, 1.54) is 0 Å². The molecule has 1 amide bonds. The molecule has 6 nitrogen and oxygen atoms in total. The molecule has 0 aliphatic carbocycles. The molecule has 0 spiro atoms. The van der Waals surface area contributed by atoms with Crippen LogP contribution in [0.25, 0.3) is 0 Å². The molecule has 0 unspecified atom stereocenters. The van der Waals surface area contributed by atoms with Crippen LogP contribution in [-0.4, -0.2) is 31.2 Å². The summed E-state index contributed by atoms with van der Waals surface area (Å²) in [7, 11) is 1.62. The third-order valence-corrected chi connectivity index (χ3v) is 4.03. The highest BCUT2D eigenvalue weighted by Gasteiger charge is 2.06. The monoisotopic (exact) mass is 377 g/mol. The highest BCUT2D eigenvalue weighted by Crippen LogP contribution is 2.17. The van der Waals surface area contributed by atoms with Crippen molar-refractivity contribution in [3.8, 4) is 11.5 Å². The van der Waals surface area contributed by atoms with Crippen LogP contribution in [0, 0.1) is 6.92 Å². The molecule has 6 heteroatoms. The Morgan fingerprint density at radius 2 is 1.82 bits per heavy atom. The summed E-state index contributed by atoms with van der Waals surface area (Å²) in [5.41, 5.74) is 2.62. The lowest BCUT2D eigenvalue weighted by Crippen LogP contribution is -2.28. The summed E-state index contributed by atoms with van der Waals surface area (Å²) in [6.07, 6.45) is 1.55. The zero-order valence-corrected chi connectivity index (χ0v) is 15.9. The Morgan fingerprint density at radius 3 is 2.50 bits per heavy atom. The summed E-state index contributed by atoms with van der Waals surface area (Å²) in [6.45, 7) is 2.80. The minimum Gasteiger partial charge on any atom is -0.497 e. The van der Waals surface area contributed by atoms with Crippen molar-refractivity contribution < 1.29 is 14.3 Å². The second-order valence-electron chi connectivity index (χ2n) is 6.21. The van der Waals surface area contributed by atoms with Crippen molar-refractivity contribution in [2.75, 3.05) is 25.6 Å². The average molecular weight is 377 g/mol. The maximum Gasteiger partial charge on any atom is 0.252 e. The summed E-state index contributed by atoms with van der Waals surface area (Å²) < 4.78 is 10.7. The molecule has 0 bridgehead atoms. The van der Waals surface area contributed by atoms with E-state index in [9.17, 15) is 4.79 Å². The van der Waals surface area contributed by atoms with E-state index in [0.717, 1.165) is 22.7 Å². The van der Waals surface area contributed by atoms with E-state index in [1.54, 1.807) is 25.4 Å². The molecule has 0 fully saturated rings. The molecule has 0 atom stereocenters. The molecule has 3 rings (SSSR count). The molecule has 0 aliphatic rings. The van der Waals surface area contributed by atoms with Crippen LogP contribution < -0.4 is 20.1 Å². The van der Waals surface area contributed by atoms with Gasteiger partial charge in [0.15, 0.2) is 0 Å². The fourth-order valence-electron chi connectivity index (χ4n) is 2.58. The van der Waals surface area contributed by atoms with Crippen LogP contribution in [-0.2, 0) is 0 Å². The zero-order valence-electron chi connectivity index (χ0n) is 15.9. The Bertz CT molecular complexity index is 909. The largest absolute Gasteiger partial charge is 0.497 e. The second-order valence-corrected chi connectivity index (χ2v) is 6.21. The maximum atomic E-state index is 12.2. The van der Waals surface area contributed by atoms with Crippen LogP contribution in [0.15, 0.2) is 66.9 Å². The van der Waals surface area contributed by atoms with Gasteiger partial charge in [0.05, 0.1) is 19.2 Å². The highest BCUT2D eigenvalue weighted by atomic mass is 16.5. The first kappa shape index (κ1) is 19.2. The van der Waals surface area contributed by atoms with Gasteiger partial charge in [0.2, 0.25) is 0 Å². The van der Waals surface area contributed by atoms with Crippen LogP contribution in [0.2, 0.25) is 0 Å². The van der Waals surface area contributed by atoms with Crippen molar-refractivity contribution in [3.63, 3.8) is 0 Å². The molecule has 2 N–H and O–H groups in total. The molecule has 0 aliphatic heterocycles. The Kier molecular flexibility index (Phi) is 6.46. The summed E-state index contributed by atoms with van der Waals surface area (Å²) in [6, 6.07) is 18.8. The Balaban J connectivity index is 1.45. The number of ether oxygens (including phenoxy) is 2. The molecule has 28 heavy (non-hydrogen) atoms. The van der Waals surface area contributed by atoms with Gasteiger partial charge in [0.25, 0.3) is 5.91 Å². The number of anilines is 2. The number of carbonyl (C=O) groups excluding carboxylic acids is 1. The van der Waals surface area contributed by atoms with Crippen molar-refractivity contribution in [2.24, 2.45) is 0 Å². The number of nitrogens with one attached hydrogen (secondary N) is 2. The normalized spacial score (nSPS) is 10.2. The lowest BCUT2D eigenvalue weighted by Gasteiger charge is -2.09. The number of pyridine rings is 1. The van der Waals surface area contributed by atoms with Crippen LogP contribution in [0.4, 0.5) is 11.5 Å². The number of aryl methyl sites for hydroxylation is 1. The van der Waals surface area contributed by atoms with Gasteiger partial charge in [-0.1, -0.05) is 12.1 Å². The average Bonchev–Trinajstić information content (AvgIpc) is 2.72. The lowest BCUT2D eigenvalue weighted by molar-refractivity contribution is 0.0946. The highest BCUT2D eigenvalue weighted by molar-refractivity contribution is 5.94. The van der Waals surface area contributed by atoms with E-state index in [0.29, 0.717) is 24.5 Å². The number of amides is 1. The van der Waals surface area contributed by atoms with Crippen LogP contribution in [0.5, 0.6) is 11.5 Å². The van der Waals surface area contributed by atoms with E-state index in [4.69, 9.17) is 9.47 Å². The van der Waals surface area contributed by atoms with Gasteiger partial charge in [-0.05, 0) is 61.0 Å². The third-order valence-electron chi connectivity index (χ3n) is 4.03. The number of rotatable bonds is 8. The molecule has 2 aromatic carbocycles. The molecular formula is C22H23N3O3. The van der Waals surface area contributed by atoms with Crippen molar-refractivity contribution in [3.05, 3.63) is 78.0 Å². The molecule has 1 heterocycles. The lowest BCUT2D eigenvalue weighted by atomic mass is 10.2. The van der Waals surface area contributed by atoms with Crippen LogP contribution in [0.1, 0.15) is 15.9 Å². The summed E-state index contributed by atoms with van der Waals surface area (Å²) in [5, 5.41) is 6.04. The van der Waals surface area contributed by atoms with E-state index in [1.807, 2.05) is 55.5 Å². The standard InChI is InChI=1S/C22H23N3O3/c1-16-4-3-5-18(14-16)25-21-11-6-17(15-24-21)22(26)23-12-13-28-20-9-7-19(27-2)8-10-20/h3-11,14-15H,12-13H2,1-2H3,(H,23,26)(H,24,25). The van der Waals surface area contributed by atoms with Crippen LogP contribution >= 0.6 is 0 Å². The van der Waals surface area contributed by atoms with Gasteiger partial charge in [-0.3, -0.25) is 4.79 Å². The van der Waals surface area contributed by atoms with Gasteiger partial charge in [-0.15, -0.1) is 0 Å². The molecule has 0 saturated carbocycles. The van der Waals surface area contributed by atoms with Gasteiger partial charge in [-0.25, -0.2) is 4.98 Å². The Labute approximate surface area is 164 Å². The molecule has 144 valence electrons. The molecular weight excluding hydrogens is 354 g/mol. The Morgan fingerprint density at radius 1 is 1.04 bits per heavy atom. The Hall–Kier alpha value is -3.54. The number of methoxy groups -OCH3 is 1. The number of hydrogen-bond acceptors (Lipinski definition) is 5. The number of aromatic nitrogens is 1. The first-order valence-electron chi connectivity index (χ1n) is 8.99. The quantitative estimate of drug-likeness (QED) is 0.582. The second kappa shape index (κ2) is 9.41. The smallest absolute Gasteiger partial charge is 0.252 e. The van der Waals surface area contributed by atoms with Crippen molar-refractivity contribution >= 4 is 17.4 Å². The topological polar surface area (TPSA) is 72.5 Å². The van der Waals surface area contributed by atoms with E-state index < -0.39 is 0 Å². The maximum absolute atomic E-state index is 12.2. The van der Waals surface area contributed by atoms with Gasteiger partial charge in [0, 0.05) is 11.9 Å². The van der Waals surface area contributed by atoms with E-state index in [2.05, 4.69) is 15.6 Å². The van der Waals surface area contributed by atoms with Gasteiger partial charge < -0.3 is 20.1 Å². The van der Waals surface area contributed by atoms with Crippen LogP contribution in [0.3, 0.4) is 0 Å². The van der Waals surface area contributed by atoms with Gasteiger partial charge >= 0.3 is 0 Å². The minimum atomic E-state index is -0.187. The third kappa shape index (κ3) is 5.48. The summed E-state index contributed by atoms with van der Waals surface area (Å²) >= 11 is 0. The van der Waals surface area contributed by atoms with E-state index >= 15 is 0 Å². The molecule has 1 aromatic heterocycles. The summed E-state index contributed by atoms with van der Waals surface area (Å²) in [5.74, 6) is 2.00. The van der Waals surface area contributed by atoms with Gasteiger partial charge in [0.1, 0.15) is 23.9 Å². The van der Waals surface area contributed by atoms with E-state index in [-0.39, 0.29) is 5.91 Å². The SMILES string of the molecule is COc1ccc(OCCNC(=O)c2ccc(Nc3cccc(C)c3)nc2)cc1. The molecule has 0 saturated heterocycles. The number of hydrogen-bond donors (Lipinski definition) is 2. The fraction of sp³-hybridized carbons (Fsp3) is 0.182. The summed E-state index contributed by atoms with van der Waals surface area (Å²) in [4.78, 5) is 16.5. The fourth-order valence-corrected chi connectivity index (χ4v) is 2.58. The van der Waals surface area contributed by atoms with Crippen molar-refractivity contribution in [2.45, 2.75) is 6.92 Å². The minimum absolute atomic E-state index is 0.187.